The van der Waals surface area contributed by atoms with Crippen LogP contribution in [0.3, 0.4) is 0 Å². The summed E-state index contributed by atoms with van der Waals surface area (Å²) < 4.78 is 27.1. The van der Waals surface area contributed by atoms with Gasteiger partial charge in [-0.05, 0) is 43.4 Å². The second-order valence-corrected chi connectivity index (χ2v) is 7.73. The Kier molecular flexibility index (Phi) is 5.30. The Labute approximate surface area is 133 Å². The molecule has 2 saturated heterocycles. The zero-order valence-corrected chi connectivity index (χ0v) is 13.9. The van der Waals surface area contributed by atoms with Gasteiger partial charge in [0, 0.05) is 25.2 Å². The largest absolute Gasteiger partial charge is 0.310 e. The first kappa shape index (κ1) is 16.7. The summed E-state index contributed by atoms with van der Waals surface area (Å²) in [5, 5.41) is 3.52. The number of nitrogens with one attached hydrogen (secondary N) is 1. The van der Waals surface area contributed by atoms with Crippen LogP contribution < -0.4 is 5.32 Å². The summed E-state index contributed by atoms with van der Waals surface area (Å²) in [4.78, 5) is 0.424. The van der Waals surface area contributed by atoms with Crippen LogP contribution in [0.25, 0.3) is 0 Å². The van der Waals surface area contributed by atoms with Gasteiger partial charge in [-0.1, -0.05) is 19.1 Å². The zero-order chi connectivity index (χ0) is 14.2. The van der Waals surface area contributed by atoms with E-state index in [1.807, 2.05) is 12.1 Å². The van der Waals surface area contributed by atoms with Crippen molar-refractivity contribution in [1.29, 1.82) is 0 Å². The highest BCUT2D eigenvalue weighted by Crippen LogP contribution is 2.25. The monoisotopic (exact) mass is 330 g/mol. The molecule has 118 valence electrons. The van der Waals surface area contributed by atoms with E-state index in [4.69, 9.17) is 0 Å². The molecule has 1 aromatic carbocycles. The van der Waals surface area contributed by atoms with Crippen molar-refractivity contribution in [3.63, 3.8) is 0 Å². The van der Waals surface area contributed by atoms with Crippen molar-refractivity contribution in [2.24, 2.45) is 0 Å². The third kappa shape index (κ3) is 3.42. The van der Waals surface area contributed by atoms with E-state index in [1.54, 1.807) is 16.4 Å². The normalized spacial score (nSPS) is 26.1. The Bertz CT molecular complexity index is 574. The molecule has 2 bridgehead atoms. The molecule has 2 aliphatic rings. The number of rotatable bonds is 3. The van der Waals surface area contributed by atoms with E-state index in [9.17, 15) is 8.42 Å². The molecule has 0 aliphatic carbocycles. The van der Waals surface area contributed by atoms with Gasteiger partial charge in [0.2, 0.25) is 10.0 Å². The third-order valence-electron chi connectivity index (χ3n) is 4.46. The fraction of sp³-hybridized carbons (Fsp3) is 0.600. The third-order valence-corrected chi connectivity index (χ3v) is 6.33. The molecule has 2 heterocycles. The fourth-order valence-corrected chi connectivity index (χ4v) is 4.68. The van der Waals surface area contributed by atoms with Crippen LogP contribution in [0.2, 0.25) is 0 Å². The zero-order valence-electron chi connectivity index (χ0n) is 12.3. The highest BCUT2D eigenvalue weighted by molar-refractivity contribution is 7.89. The number of sulfonamides is 1. The Hall–Kier alpha value is -0.620. The highest BCUT2D eigenvalue weighted by Gasteiger charge is 2.34. The van der Waals surface area contributed by atoms with Crippen molar-refractivity contribution in [2.45, 2.75) is 49.6 Å². The number of fused-ring (bicyclic) bond motifs is 2. The summed E-state index contributed by atoms with van der Waals surface area (Å²) in [6.07, 6.45) is 4.12. The van der Waals surface area contributed by atoms with Crippen LogP contribution >= 0.6 is 12.4 Å². The SMILES string of the molecule is CCc1ccc(S(=O)(=O)N2CCC3CCC(C2)N3)cc1.Cl. The molecule has 1 aromatic rings. The van der Waals surface area contributed by atoms with Crippen LogP contribution in [0.1, 0.15) is 31.7 Å². The van der Waals surface area contributed by atoms with Gasteiger partial charge >= 0.3 is 0 Å². The lowest BCUT2D eigenvalue weighted by atomic mass is 10.1. The molecule has 2 fully saturated rings. The highest BCUT2D eigenvalue weighted by atomic mass is 35.5. The number of hydrogen-bond acceptors (Lipinski definition) is 3. The molecule has 0 spiro atoms. The van der Waals surface area contributed by atoms with Gasteiger partial charge in [0.1, 0.15) is 0 Å². The van der Waals surface area contributed by atoms with Gasteiger partial charge in [0.25, 0.3) is 0 Å². The Morgan fingerprint density at radius 1 is 1.14 bits per heavy atom. The number of aryl methyl sites for hydroxylation is 1. The molecular formula is C15H23ClN2O2S. The predicted octanol–water partition coefficient (Wildman–Crippen LogP) is 2.19. The summed E-state index contributed by atoms with van der Waals surface area (Å²) >= 11 is 0. The van der Waals surface area contributed by atoms with E-state index in [0.717, 1.165) is 19.3 Å². The summed E-state index contributed by atoms with van der Waals surface area (Å²) in [5.74, 6) is 0. The minimum atomic E-state index is -3.34. The van der Waals surface area contributed by atoms with E-state index in [1.165, 1.54) is 12.0 Å². The van der Waals surface area contributed by atoms with E-state index >= 15 is 0 Å². The molecule has 21 heavy (non-hydrogen) atoms. The maximum absolute atomic E-state index is 12.7. The van der Waals surface area contributed by atoms with Gasteiger partial charge < -0.3 is 5.32 Å². The minimum absolute atomic E-state index is 0. The smallest absolute Gasteiger partial charge is 0.243 e. The maximum Gasteiger partial charge on any atom is 0.243 e. The molecule has 0 amide bonds. The lowest BCUT2D eigenvalue weighted by Gasteiger charge is -2.23. The van der Waals surface area contributed by atoms with Crippen LogP contribution in [0, 0.1) is 0 Å². The molecule has 6 heteroatoms. The first-order valence-electron chi connectivity index (χ1n) is 7.44. The lowest BCUT2D eigenvalue weighted by molar-refractivity contribution is 0.383. The predicted molar refractivity (Wildman–Crippen MR) is 86.4 cm³/mol. The number of benzene rings is 1. The van der Waals surface area contributed by atoms with Gasteiger partial charge in [-0.2, -0.15) is 4.31 Å². The van der Waals surface area contributed by atoms with E-state index < -0.39 is 10.0 Å². The van der Waals surface area contributed by atoms with Crippen molar-refractivity contribution < 1.29 is 8.42 Å². The van der Waals surface area contributed by atoms with E-state index in [-0.39, 0.29) is 12.4 Å². The van der Waals surface area contributed by atoms with Gasteiger partial charge in [-0.3, -0.25) is 0 Å². The van der Waals surface area contributed by atoms with Crippen molar-refractivity contribution in [3.8, 4) is 0 Å². The molecule has 3 rings (SSSR count). The average molecular weight is 331 g/mol. The maximum atomic E-state index is 12.7. The van der Waals surface area contributed by atoms with Crippen LogP contribution in [-0.4, -0.2) is 37.9 Å². The first-order chi connectivity index (χ1) is 9.59. The minimum Gasteiger partial charge on any atom is -0.310 e. The summed E-state index contributed by atoms with van der Waals surface area (Å²) in [5.41, 5.74) is 1.17. The average Bonchev–Trinajstić information content (AvgIpc) is 2.77. The van der Waals surface area contributed by atoms with Crippen molar-refractivity contribution in [3.05, 3.63) is 29.8 Å². The quantitative estimate of drug-likeness (QED) is 0.924. The van der Waals surface area contributed by atoms with E-state index in [2.05, 4.69) is 12.2 Å². The Morgan fingerprint density at radius 2 is 1.81 bits per heavy atom. The number of nitrogens with zero attached hydrogens (tertiary/aromatic N) is 1. The Morgan fingerprint density at radius 3 is 2.48 bits per heavy atom. The van der Waals surface area contributed by atoms with Crippen molar-refractivity contribution in [2.75, 3.05) is 13.1 Å². The molecule has 0 aromatic heterocycles. The Balaban J connectivity index is 0.00000161. The summed E-state index contributed by atoms with van der Waals surface area (Å²) in [6, 6.07) is 8.13. The second kappa shape index (κ2) is 6.65. The number of hydrogen-bond donors (Lipinski definition) is 1. The van der Waals surface area contributed by atoms with Gasteiger partial charge in [-0.15, -0.1) is 12.4 Å². The van der Waals surface area contributed by atoms with Gasteiger partial charge in [-0.25, -0.2) is 8.42 Å². The first-order valence-corrected chi connectivity index (χ1v) is 8.88. The summed E-state index contributed by atoms with van der Waals surface area (Å²) in [7, 11) is -3.34. The standard InChI is InChI=1S/C15H22N2O2S.ClH/c1-2-12-3-7-15(8-4-12)20(18,19)17-10-9-13-5-6-14(11-17)16-13;/h3-4,7-8,13-14,16H,2,5-6,9-11H2,1H3;1H. The topological polar surface area (TPSA) is 49.4 Å². The molecular weight excluding hydrogens is 308 g/mol. The van der Waals surface area contributed by atoms with Gasteiger partial charge in [0.15, 0.2) is 0 Å². The molecule has 2 aliphatic heterocycles. The van der Waals surface area contributed by atoms with Crippen LogP contribution in [0.5, 0.6) is 0 Å². The molecule has 0 radical (unpaired) electrons. The molecule has 2 atom stereocenters. The molecule has 4 nitrogen and oxygen atoms in total. The lowest BCUT2D eigenvalue weighted by Crippen LogP contribution is -2.39. The summed E-state index contributed by atoms with van der Waals surface area (Å²) in [6.45, 7) is 3.31. The number of halogens is 1. The second-order valence-electron chi connectivity index (χ2n) is 5.79. The van der Waals surface area contributed by atoms with Crippen molar-refractivity contribution >= 4 is 22.4 Å². The van der Waals surface area contributed by atoms with Crippen LogP contribution in [0.4, 0.5) is 0 Å². The van der Waals surface area contributed by atoms with Gasteiger partial charge in [0.05, 0.1) is 4.90 Å². The van der Waals surface area contributed by atoms with Crippen LogP contribution in [0.15, 0.2) is 29.2 Å². The van der Waals surface area contributed by atoms with Crippen LogP contribution in [-0.2, 0) is 16.4 Å². The molecule has 0 saturated carbocycles. The fourth-order valence-electron chi connectivity index (χ4n) is 3.18. The molecule has 1 N–H and O–H groups in total. The van der Waals surface area contributed by atoms with Crippen molar-refractivity contribution in [1.82, 2.24) is 9.62 Å². The molecule has 2 unspecified atom stereocenters. The van der Waals surface area contributed by atoms with E-state index in [0.29, 0.717) is 30.1 Å².